The van der Waals surface area contributed by atoms with Crippen molar-refractivity contribution in [1.82, 2.24) is 0 Å². The number of hydrogen-bond acceptors (Lipinski definition) is 6. The van der Waals surface area contributed by atoms with Crippen LogP contribution in [0.25, 0.3) is 6.08 Å². The van der Waals surface area contributed by atoms with Gasteiger partial charge in [-0.05, 0) is 98.5 Å². The molecule has 0 unspecified atom stereocenters. The SMILES string of the molecule is CCOc1ccc(C23CC4CC(CC(C4)C2)C3)cc1/C=C1\SC(=S)N(c2cccc([N+](=O)[O-])c2)C1=O. The number of nitro benzene ring substituents is 1. The van der Waals surface area contributed by atoms with Gasteiger partial charge < -0.3 is 4.74 Å². The van der Waals surface area contributed by atoms with Gasteiger partial charge in [-0.1, -0.05) is 36.1 Å². The van der Waals surface area contributed by atoms with Gasteiger partial charge in [0, 0.05) is 17.7 Å². The maximum Gasteiger partial charge on any atom is 0.271 e. The number of nitrogens with zero attached hydrogens (tertiary/aromatic N) is 2. The summed E-state index contributed by atoms with van der Waals surface area (Å²) in [5.74, 6) is 3.02. The first-order chi connectivity index (χ1) is 17.3. The van der Waals surface area contributed by atoms with Crippen molar-refractivity contribution in [3.63, 3.8) is 0 Å². The summed E-state index contributed by atoms with van der Waals surface area (Å²) in [6.07, 6.45) is 9.85. The third-order valence-electron chi connectivity index (χ3n) is 8.34. The molecule has 2 aromatic carbocycles. The molecule has 0 aromatic heterocycles. The van der Waals surface area contributed by atoms with Crippen LogP contribution in [0.2, 0.25) is 0 Å². The number of thiocarbonyl (C=S) groups is 1. The van der Waals surface area contributed by atoms with Crippen LogP contribution in [0, 0.1) is 27.9 Å². The number of carbonyl (C=O) groups is 1. The number of rotatable bonds is 6. The predicted octanol–water partition coefficient (Wildman–Crippen LogP) is 6.87. The van der Waals surface area contributed by atoms with Crippen molar-refractivity contribution in [3.8, 4) is 5.75 Å². The van der Waals surface area contributed by atoms with E-state index in [0.29, 0.717) is 21.5 Å². The lowest BCUT2D eigenvalue weighted by Crippen LogP contribution is -2.48. The largest absolute Gasteiger partial charge is 0.493 e. The van der Waals surface area contributed by atoms with Crippen molar-refractivity contribution in [2.45, 2.75) is 50.9 Å². The van der Waals surface area contributed by atoms with Gasteiger partial charge >= 0.3 is 0 Å². The Morgan fingerprint density at radius 2 is 1.83 bits per heavy atom. The third-order valence-corrected chi connectivity index (χ3v) is 9.64. The molecule has 1 aliphatic heterocycles. The molecule has 6 nitrogen and oxygen atoms in total. The van der Waals surface area contributed by atoms with E-state index in [1.807, 2.05) is 13.0 Å². The minimum absolute atomic E-state index is 0.0764. The van der Waals surface area contributed by atoms with Gasteiger partial charge in [0.25, 0.3) is 11.6 Å². The average Bonchev–Trinajstić information content (AvgIpc) is 3.12. The highest BCUT2D eigenvalue weighted by atomic mass is 32.2. The van der Waals surface area contributed by atoms with Crippen LogP contribution in [0.15, 0.2) is 47.4 Å². The molecule has 5 fully saturated rings. The Bertz CT molecular complexity index is 1270. The van der Waals surface area contributed by atoms with Crippen LogP contribution in [0.1, 0.15) is 56.6 Å². The molecule has 8 heteroatoms. The first kappa shape index (κ1) is 23.7. The molecule has 5 aliphatic rings. The first-order valence-electron chi connectivity index (χ1n) is 12.6. The second-order valence-corrected chi connectivity index (χ2v) is 12.4. The van der Waals surface area contributed by atoms with Gasteiger partial charge in [-0.3, -0.25) is 19.8 Å². The summed E-state index contributed by atoms with van der Waals surface area (Å²) in [4.78, 5) is 26.1. The van der Waals surface area contributed by atoms with Crippen LogP contribution in [-0.4, -0.2) is 21.8 Å². The number of carbonyl (C=O) groups excluding carboxylic acids is 1. The van der Waals surface area contributed by atoms with E-state index in [4.69, 9.17) is 17.0 Å². The van der Waals surface area contributed by atoms with Crippen molar-refractivity contribution < 1.29 is 14.5 Å². The van der Waals surface area contributed by atoms with E-state index in [1.165, 1.54) is 72.9 Å². The van der Waals surface area contributed by atoms with Crippen molar-refractivity contribution in [2.24, 2.45) is 17.8 Å². The van der Waals surface area contributed by atoms with E-state index >= 15 is 0 Å². The maximum atomic E-state index is 13.4. The van der Waals surface area contributed by atoms with Crippen LogP contribution in [0.5, 0.6) is 5.75 Å². The summed E-state index contributed by atoms with van der Waals surface area (Å²) in [6, 6.07) is 12.6. The zero-order valence-electron chi connectivity index (χ0n) is 20.1. The molecule has 0 radical (unpaired) electrons. The van der Waals surface area contributed by atoms with E-state index in [0.717, 1.165) is 29.1 Å². The fourth-order valence-electron chi connectivity index (χ4n) is 7.32. The molecule has 4 aliphatic carbocycles. The van der Waals surface area contributed by atoms with Crippen molar-refractivity contribution in [1.29, 1.82) is 0 Å². The van der Waals surface area contributed by atoms with Crippen molar-refractivity contribution >= 4 is 51.7 Å². The first-order valence-corrected chi connectivity index (χ1v) is 13.9. The topological polar surface area (TPSA) is 72.7 Å². The lowest BCUT2D eigenvalue weighted by atomic mass is 9.48. The molecule has 36 heavy (non-hydrogen) atoms. The molecule has 186 valence electrons. The van der Waals surface area contributed by atoms with Crippen LogP contribution < -0.4 is 9.64 Å². The summed E-state index contributed by atoms with van der Waals surface area (Å²) in [6.45, 7) is 2.49. The molecule has 1 heterocycles. The highest BCUT2D eigenvalue weighted by molar-refractivity contribution is 8.27. The molecule has 4 bridgehead atoms. The molecule has 0 spiro atoms. The van der Waals surface area contributed by atoms with E-state index < -0.39 is 4.92 Å². The summed E-state index contributed by atoms with van der Waals surface area (Å²) in [5, 5.41) is 11.2. The van der Waals surface area contributed by atoms with Gasteiger partial charge in [0.05, 0.1) is 22.1 Å². The quantitative estimate of drug-likeness (QED) is 0.179. The summed E-state index contributed by atoms with van der Waals surface area (Å²) >= 11 is 6.74. The average molecular weight is 521 g/mol. The lowest BCUT2D eigenvalue weighted by Gasteiger charge is -2.57. The predicted molar refractivity (Wildman–Crippen MR) is 146 cm³/mol. The van der Waals surface area contributed by atoms with Crippen LogP contribution >= 0.6 is 24.0 Å². The summed E-state index contributed by atoms with van der Waals surface area (Å²) < 4.78 is 6.31. The highest BCUT2D eigenvalue weighted by Gasteiger charge is 2.51. The van der Waals surface area contributed by atoms with E-state index in [-0.39, 0.29) is 17.0 Å². The fraction of sp³-hybridized carbons (Fsp3) is 0.429. The van der Waals surface area contributed by atoms with Gasteiger partial charge in [0.1, 0.15) is 5.75 Å². The van der Waals surface area contributed by atoms with Crippen molar-refractivity contribution in [3.05, 3.63) is 68.6 Å². The number of anilines is 1. The number of benzene rings is 2. The number of hydrogen-bond donors (Lipinski definition) is 0. The summed E-state index contributed by atoms with van der Waals surface area (Å²) in [5.41, 5.74) is 2.83. The number of non-ortho nitro benzene ring substituents is 1. The molecule has 2 aromatic rings. The minimum Gasteiger partial charge on any atom is -0.493 e. The molecule has 1 saturated heterocycles. The van der Waals surface area contributed by atoms with Crippen LogP contribution in [-0.2, 0) is 10.2 Å². The molecular formula is C28H28N2O4S2. The fourth-order valence-corrected chi connectivity index (χ4v) is 8.61. The van der Waals surface area contributed by atoms with Gasteiger partial charge in [0.2, 0.25) is 0 Å². The zero-order valence-corrected chi connectivity index (χ0v) is 21.8. The Balaban J connectivity index is 1.35. The van der Waals surface area contributed by atoms with Gasteiger partial charge in [-0.15, -0.1) is 0 Å². The Labute approximate surface area is 220 Å². The Hall–Kier alpha value is -2.71. The Kier molecular flexibility index (Phi) is 5.91. The molecule has 1 amide bonds. The second kappa shape index (κ2) is 8.99. The Morgan fingerprint density at radius 1 is 1.14 bits per heavy atom. The van der Waals surface area contributed by atoms with E-state index in [1.54, 1.807) is 12.1 Å². The zero-order chi connectivity index (χ0) is 25.0. The van der Waals surface area contributed by atoms with E-state index in [2.05, 4.69) is 18.2 Å². The smallest absolute Gasteiger partial charge is 0.271 e. The minimum atomic E-state index is -0.471. The van der Waals surface area contributed by atoms with Gasteiger partial charge in [-0.2, -0.15) is 0 Å². The number of ether oxygens (including phenoxy) is 1. The number of amides is 1. The highest BCUT2D eigenvalue weighted by Crippen LogP contribution is 2.61. The summed E-state index contributed by atoms with van der Waals surface area (Å²) in [7, 11) is 0. The third kappa shape index (κ3) is 4.04. The monoisotopic (exact) mass is 520 g/mol. The standard InChI is InChI=1S/C28H28N2O4S2/c1-2-34-24-7-6-21(28-14-17-8-18(15-28)10-19(9-17)16-28)11-20(24)12-25-26(31)29(27(35)36-25)22-4-3-5-23(13-22)30(32)33/h3-7,11-13,17-19H,2,8-10,14-16H2,1H3/b25-12-. The normalized spacial score (nSPS) is 29.9. The molecule has 4 saturated carbocycles. The maximum absolute atomic E-state index is 13.4. The lowest BCUT2D eigenvalue weighted by molar-refractivity contribution is -0.384. The molecular weight excluding hydrogens is 492 g/mol. The number of thioether (sulfide) groups is 1. The Morgan fingerprint density at radius 3 is 2.47 bits per heavy atom. The number of nitro groups is 1. The molecule has 0 N–H and O–H groups in total. The van der Waals surface area contributed by atoms with Crippen LogP contribution in [0.4, 0.5) is 11.4 Å². The molecule has 7 rings (SSSR count). The van der Waals surface area contributed by atoms with Crippen molar-refractivity contribution in [2.75, 3.05) is 11.5 Å². The van der Waals surface area contributed by atoms with Gasteiger partial charge in [0.15, 0.2) is 4.32 Å². The second-order valence-electron chi connectivity index (χ2n) is 10.7. The molecule has 0 atom stereocenters. The van der Waals surface area contributed by atoms with E-state index in [9.17, 15) is 14.9 Å². The van der Waals surface area contributed by atoms with Crippen LogP contribution in [0.3, 0.4) is 0 Å². The van der Waals surface area contributed by atoms with Gasteiger partial charge in [-0.25, -0.2) is 0 Å².